The first-order valence-corrected chi connectivity index (χ1v) is 7.74. The van der Waals surface area contributed by atoms with Crippen LogP contribution in [0.3, 0.4) is 0 Å². The molecule has 0 aromatic heterocycles. The van der Waals surface area contributed by atoms with Crippen LogP contribution < -0.4 is 4.74 Å². The Labute approximate surface area is 130 Å². The van der Waals surface area contributed by atoms with Gasteiger partial charge in [-0.15, -0.1) is 0 Å². The molecule has 1 aliphatic rings. The molecular weight excluding hydrogens is 284 g/mol. The molecule has 0 bridgehead atoms. The molecule has 0 amide bonds. The van der Waals surface area contributed by atoms with Crippen LogP contribution in [0.1, 0.15) is 29.9 Å². The number of fused-ring (bicyclic) bond motifs is 1. The van der Waals surface area contributed by atoms with Gasteiger partial charge in [0.05, 0.1) is 12.7 Å². The fourth-order valence-electron chi connectivity index (χ4n) is 3.01. The smallest absolute Gasteiger partial charge is 0.122 e. The van der Waals surface area contributed by atoms with Gasteiger partial charge in [-0.25, -0.2) is 0 Å². The van der Waals surface area contributed by atoms with Crippen molar-refractivity contribution >= 4 is 11.6 Å². The van der Waals surface area contributed by atoms with Crippen molar-refractivity contribution in [3.05, 3.63) is 64.7 Å². The lowest BCUT2D eigenvalue weighted by molar-refractivity contribution is 0.143. The van der Waals surface area contributed by atoms with E-state index >= 15 is 0 Å². The van der Waals surface area contributed by atoms with Gasteiger partial charge in [0, 0.05) is 5.02 Å². The van der Waals surface area contributed by atoms with Gasteiger partial charge in [-0.1, -0.05) is 41.9 Å². The van der Waals surface area contributed by atoms with Crippen LogP contribution in [-0.4, -0.2) is 17.8 Å². The van der Waals surface area contributed by atoms with E-state index in [0.717, 1.165) is 35.8 Å². The van der Waals surface area contributed by atoms with Crippen LogP contribution in [0.2, 0.25) is 5.02 Å². The fraction of sp³-hybridized carbons (Fsp3) is 0.333. The topological polar surface area (TPSA) is 29.5 Å². The lowest BCUT2D eigenvalue weighted by atomic mass is 9.87. The van der Waals surface area contributed by atoms with Gasteiger partial charge in [0.15, 0.2) is 0 Å². The van der Waals surface area contributed by atoms with Gasteiger partial charge in [0.25, 0.3) is 0 Å². The van der Waals surface area contributed by atoms with E-state index in [-0.39, 0.29) is 6.10 Å². The third kappa shape index (κ3) is 3.58. The number of aliphatic hydroxyl groups is 1. The largest absolute Gasteiger partial charge is 0.493 e. The molecule has 1 aliphatic heterocycles. The first kappa shape index (κ1) is 14.4. The van der Waals surface area contributed by atoms with E-state index in [9.17, 15) is 5.11 Å². The standard InChI is InChI=1S/C18H19ClO2/c19-15-5-3-4-13(10-15)11-16(20)12-14-8-9-21-18-7-2-1-6-17(14)18/h1-7,10,14,16,20H,8-9,11-12H2. The third-order valence-corrected chi connectivity index (χ3v) is 4.23. The van der Waals surface area contributed by atoms with Gasteiger partial charge in [0.1, 0.15) is 5.75 Å². The molecule has 0 spiro atoms. The highest BCUT2D eigenvalue weighted by Crippen LogP contribution is 2.36. The van der Waals surface area contributed by atoms with Crippen LogP contribution in [0, 0.1) is 0 Å². The molecule has 0 aliphatic carbocycles. The van der Waals surface area contributed by atoms with Crippen molar-refractivity contribution in [3.63, 3.8) is 0 Å². The van der Waals surface area contributed by atoms with Crippen LogP contribution >= 0.6 is 11.6 Å². The monoisotopic (exact) mass is 302 g/mol. The van der Waals surface area contributed by atoms with E-state index < -0.39 is 0 Å². The van der Waals surface area contributed by atoms with E-state index in [1.165, 1.54) is 5.56 Å². The van der Waals surface area contributed by atoms with E-state index in [2.05, 4.69) is 6.07 Å². The Morgan fingerprint density at radius 3 is 2.90 bits per heavy atom. The number of halogens is 1. The Kier molecular flexibility index (Phi) is 4.47. The third-order valence-electron chi connectivity index (χ3n) is 4.00. The Hall–Kier alpha value is -1.51. The van der Waals surface area contributed by atoms with E-state index in [1.807, 2.05) is 42.5 Å². The van der Waals surface area contributed by atoms with Crippen molar-refractivity contribution in [2.45, 2.75) is 31.3 Å². The molecule has 2 aromatic rings. The number of para-hydroxylation sites is 1. The lowest BCUT2D eigenvalue weighted by Crippen LogP contribution is -2.20. The summed E-state index contributed by atoms with van der Waals surface area (Å²) in [5.41, 5.74) is 2.30. The van der Waals surface area contributed by atoms with Crippen molar-refractivity contribution in [2.24, 2.45) is 0 Å². The Balaban J connectivity index is 1.67. The maximum atomic E-state index is 10.4. The van der Waals surface area contributed by atoms with Gasteiger partial charge >= 0.3 is 0 Å². The number of aliphatic hydroxyl groups excluding tert-OH is 1. The van der Waals surface area contributed by atoms with Crippen molar-refractivity contribution in [3.8, 4) is 5.75 Å². The number of benzene rings is 2. The number of hydrogen-bond acceptors (Lipinski definition) is 2. The van der Waals surface area contributed by atoms with Crippen molar-refractivity contribution < 1.29 is 9.84 Å². The molecule has 0 saturated heterocycles. The summed E-state index contributed by atoms with van der Waals surface area (Å²) in [4.78, 5) is 0. The SMILES string of the molecule is OC(Cc1cccc(Cl)c1)CC1CCOc2ccccc21. The van der Waals surface area contributed by atoms with Crippen molar-refractivity contribution in [1.29, 1.82) is 0 Å². The normalized spacial score (nSPS) is 18.7. The van der Waals surface area contributed by atoms with E-state index in [4.69, 9.17) is 16.3 Å². The first-order chi connectivity index (χ1) is 10.2. The molecule has 2 aromatic carbocycles. The van der Waals surface area contributed by atoms with Gasteiger partial charge in [0.2, 0.25) is 0 Å². The highest BCUT2D eigenvalue weighted by atomic mass is 35.5. The van der Waals surface area contributed by atoms with Crippen LogP contribution in [0.5, 0.6) is 5.75 Å². The summed E-state index contributed by atoms with van der Waals surface area (Å²) in [6.07, 6.45) is 2.00. The summed E-state index contributed by atoms with van der Waals surface area (Å²) in [5.74, 6) is 1.33. The lowest BCUT2D eigenvalue weighted by Gasteiger charge is -2.27. The van der Waals surface area contributed by atoms with E-state index in [1.54, 1.807) is 0 Å². The molecule has 110 valence electrons. The van der Waals surface area contributed by atoms with E-state index in [0.29, 0.717) is 12.3 Å². The molecular formula is C18H19ClO2. The quantitative estimate of drug-likeness (QED) is 0.917. The average Bonchev–Trinajstić information content (AvgIpc) is 2.47. The molecule has 2 atom stereocenters. The summed E-state index contributed by atoms with van der Waals surface area (Å²) in [5, 5.41) is 11.1. The Morgan fingerprint density at radius 1 is 1.19 bits per heavy atom. The minimum atomic E-state index is -0.361. The molecule has 0 radical (unpaired) electrons. The van der Waals surface area contributed by atoms with Gasteiger partial charge in [-0.3, -0.25) is 0 Å². The second-order valence-electron chi connectivity index (χ2n) is 5.60. The first-order valence-electron chi connectivity index (χ1n) is 7.36. The predicted octanol–water partition coefficient (Wildman–Crippen LogP) is 4.20. The highest BCUT2D eigenvalue weighted by molar-refractivity contribution is 6.30. The Morgan fingerprint density at radius 2 is 2.05 bits per heavy atom. The van der Waals surface area contributed by atoms with Gasteiger partial charge < -0.3 is 9.84 Å². The number of ether oxygens (including phenoxy) is 1. The second kappa shape index (κ2) is 6.50. The maximum absolute atomic E-state index is 10.4. The van der Waals surface area contributed by atoms with Crippen LogP contribution in [0.15, 0.2) is 48.5 Å². The minimum Gasteiger partial charge on any atom is -0.493 e. The number of hydrogen-bond donors (Lipinski definition) is 1. The summed E-state index contributed by atoms with van der Waals surface area (Å²) < 4.78 is 5.67. The summed E-state index contributed by atoms with van der Waals surface area (Å²) >= 11 is 5.99. The van der Waals surface area contributed by atoms with Crippen molar-refractivity contribution in [1.82, 2.24) is 0 Å². The number of rotatable bonds is 4. The second-order valence-corrected chi connectivity index (χ2v) is 6.03. The van der Waals surface area contributed by atoms with Crippen molar-refractivity contribution in [2.75, 3.05) is 6.61 Å². The average molecular weight is 303 g/mol. The highest BCUT2D eigenvalue weighted by Gasteiger charge is 2.23. The molecule has 21 heavy (non-hydrogen) atoms. The molecule has 3 rings (SSSR count). The zero-order chi connectivity index (χ0) is 14.7. The summed E-state index contributed by atoms with van der Waals surface area (Å²) in [7, 11) is 0. The zero-order valence-electron chi connectivity index (χ0n) is 11.8. The molecule has 2 unspecified atom stereocenters. The molecule has 3 heteroatoms. The van der Waals surface area contributed by atoms with Gasteiger partial charge in [-0.2, -0.15) is 0 Å². The van der Waals surface area contributed by atoms with Crippen LogP contribution in [-0.2, 0) is 6.42 Å². The molecule has 1 heterocycles. The fourth-order valence-corrected chi connectivity index (χ4v) is 3.22. The molecule has 1 N–H and O–H groups in total. The minimum absolute atomic E-state index is 0.361. The van der Waals surface area contributed by atoms with Crippen LogP contribution in [0.4, 0.5) is 0 Å². The summed E-state index contributed by atoms with van der Waals surface area (Å²) in [6, 6.07) is 15.8. The molecule has 2 nitrogen and oxygen atoms in total. The zero-order valence-corrected chi connectivity index (χ0v) is 12.6. The predicted molar refractivity (Wildman–Crippen MR) is 85.1 cm³/mol. The van der Waals surface area contributed by atoms with Gasteiger partial charge in [-0.05, 0) is 54.5 Å². The molecule has 0 fully saturated rings. The maximum Gasteiger partial charge on any atom is 0.122 e. The Bertz CT molecular complexity index is 612. The van der Waals surface area contributed by atoms with Crippen LogP contribution in [0.25, 0.3) is 0 Å². The summed E-state index contributed by atoms with van der Waals surface area (Å²) in [6.45, 7) is 0.728. The molecule has 0 saturated carbocycles.